The largest absolute Gasteiger partial charge is 0.299 e. The smallest absolute Gasteiger partial charge is 0.141 e. The van der Waals surface area contributed by atoms with Crippen molar-refractivity contribution in [3.8, 4) is 0 Å². The number of carbonyl (C=O) groups is 1. The molecule has 0 aromatic heterocycles. The molecular formula is C9H4Cl4O. The van der Waals surface area contributed by atoms with Gasteiger partial charge >= 0.3 is 0 Å². The average molecular weight is 270 g/mol. The monoisotopic (exact) mass is 268 g/mol. The van der Waals surface area contributed by atoms with E-state index in [0.717, 1.165) is 11.1 Å². The van der Waals surface area contributed by atoms with E-state index >= 15 is 0 Å². The van der Waals surface area contributed by atoms with Crippen molar-refractivity contribution in [1.29, 1.82) is 0 Å². The number of rotatable bonds is 0. The van der Waals surface area contributed by atoms with Crippen LogP contribution in [0.4, 0.5) is 0 Å². The Morgan fingerprint density at radius 2 is 1.07 bits per heavy atom. The van der Waals surface area contributed by atoms with Crippen molar-refractivity contribution >= 4 is 52.2 Å². The molecule has 5 heteroatoms. The summed E-state index contributed by atoms with van der Waals surface area (Å²) in [5.74, 6) is 0.0853. The second kappa shape index (κ2) is 3.57. The van der Waals surface area contributed by atoms with Gasteiger partial charge in [-0.3, -0.25) is 4.79 Å². The molecule has 0 bridgehead atoms. The van der Waals surface area contributed by atoms with Gasteiger partial charge in [-0.05, 0) is 11.1 Å². The van der Waals surface area contributed by atoms with Crippen LogP contribution in [0.1, 0.15) is 11.1 Å². The topological polar surface area (TPSA) is 17.1 Å². The van der Waals surface area contributed by atoms with Crippen molar-refractivity contribution < 1.29 is 4.79 Å². The Morgan fingerprint density at radius 3 is 1.43 bits per heavy atom. The predicted octanol–water partition coefficient (Wildman–Crippen LogP) is 3.97. The molecule has 0 radical (unpaired) electrons. The van der Waals surface area contributed by atoms with Crippen molar-refractivity contribution in [3.63, 3.8) is 0 Å². The molecule has 14 heavy (non-hydrogen) atoms. The minimum absolute atomic E-state index is 0.0853. The van der Waals surface area contributed by atoms with Crippen molar-refractivity contribution in [2.24, 2.45) is 0 Å². The number of fused-ring (bicyclic) bond motifs is 1. The number of carbonyl (C=O) groups excluding carboxylic acids is 1. The van der Waals surface area contributed by atoms with Gasteiger partial charge in [-0.2, -0.15) is 0 Å². The quantitative estimate of drug-likeness (QED) is 0.515. The van der Waals surface area contributed by atoms with Crippen LogP contribution in [-0.4, -0.2) is 5.78 Å². The zero-order valence-corrected chi connectivity index (χ0v) is 9.86. The van der Waals surface area contributed by atoms with E-state index < -0.39 is 0 Å². The summed E-state index contributed by atoms with van der Waals surface area (Å²) < 4.78 is 0. The van der Waals surface area contributed by atoms with Crippen molar-refractivity contribution in [1.82, 2.24) is 0 Å². The van der Waals surface area contributed by atoms with Crippen LogP contribution in [0.25, 0.3) is 0 Å². The van der Waals surface area contributed by atoms with E-state index in [1.165, 1.54) is 0 Å². The maximum Gasteiger partial charge on any atom is 0.141 e. The summed E-state index contributed by atoms with van der Waals surface area (Å²) in [4.78, 5) is 11.2. The van der Waals surface area contributed by atoms with Crippen molar-refractivity contribution in [2.75, 3.05) is 0 Å². The van der Waals surface area contributed by atoms with Crippen LogP contribution < -0.4 is 0 Å². The fourth-order valence-electron chi connectivity index (χ4n) is 1.55. The molecule has 1 aromatic carbocycles. The fourth-order valence-corrected chi connectivity index (χ4v) is 2.61. The van der Waals surface area contributed by atoms with E-state index in [1.807, 2.05) is 0 Å². The number of hydrogen-bond acceptors (Lipinski definition) is 1. The van der Waals surface area contributed by atoms with Crippen LogP contribution in [0.5, 0.6) is 0 Å². The maximum atomic E-state index is 11.2. The number of halogens is 4. The van der Waals surface area contributed by atoms with E-state index in [4.69, 9.17) is 46.4 Å². The van der Waals surface area contributed by atoms with Gasteiger partial charge in [0.25, 0.3) is 0 Å². The minimum Gasteiger partial charge on any atom is -0.299 e. The highest BCUT2D eigenvalue weighted by atomic mass is 35.5. The molecular weight excluding hydrogens is 266 g/mol. The zero-order valence-electron chi connectivity index (χ0n) is 6.83. The zero-order chi connectivity index (χ0) is 10.5. The third kappa shape index (κ3) is 1.43. The van der Waals surface area contributed by atoms with Gasteiger partial charge in [0.2, 0.25) is 0 Å². The third-order valence-electron chi connectivity index (χ3n) is 2.22. The predicted molar refractivity (Wildman–Crippen MR) is 58.9 cm³/mol. The van der Waals surface area contributed by atoms with E-state index in [1.54, 1.807) is 0 Å². The summed E-state index contributed by atoms with van der Waals surface area (Å²) in [7, 11) is 0. The van der Waals surface area contributed by atoms with Gasteiger partial charge < -0.3 is 0 Å². The summed E-state index contributed by atoms with van der Waals surface area (Å²) in [6.07, 6.45) is 0.593. The SMILES string of the molecule is O=C1Cc2c(Cl)c(Cl)c(Cl)c(Cl)c2C1. The highest BCUT2D eigenvalue weighted by Crippen LogP contribution is 2.43. The molecule has 0 fully saturated rings. The van der Waals surface area contributed by atoms with Crippen LogP contribution in [-0.2, 0) is 17.6 Å². The molecule has 0 saturated carbocycles. The molecule has 1 aromatic rings. The molecule has 0 unspecified atom stereocenters. The number of benzene rings is 1. The summed E-state index contributed by atoms with van der Waals surface area (Å²) in [6.45, 7) is 0. The van der Waals surface area contributed by atoms with Gasteiger partial charge in [0, 0.05) is 12.8 Å². The molecule has 0 saturated heterocycles. The highest BCUT2D eigenvalue weighted by Gasteiger charge is 2.27. The van der Waals surface area contributed by atoms with Gasteiger partial charge in [-0.25, -0.2) is 0 Å². The molecule has 0 N–H and O–H groups in total. The number of Topliss-reactive ketones (excluding diaryl/α,β-unsaturated/α-hetero) is 1. The normalized spacial score (nSPS) is 14.7. The third-order valence-corrected chi connectivity index (χ3v) is 4.10. The van der Waals surface area contributed by atoms with Gasteiger partial charge in [0.05, 0.1) is 20.1 Å². The second-order valence-corrected chi connectivity index (χ2v) is 4.62. The molecule has 74 valence electrons. The van der Waals surface area contributed by atoms with Crippen LogP contribution >= 0.6 is 46.4 Å². The summed E-state index contributed by atoms with van der Waals surface area (Å²) in [6, 6.07) is 0. The van der Waals surface area contributed by atoms with Crippen LogP contribution in [0, 0.1) is 0 Å². The van der Waals surface area contributed by atoms with Gasteiger partial charge in [-0.1, -0.05) is 46.4 Å². The van der Waals surface area contributed by atoms with Gasteiger partial charge in [0.1, 0.15) is 5.78 Å². The molecule has 0 atom stereocenters. The lowest BCUT2D eigenvalue weighted by atomic mass is 10.1. The first-order valence-electron chi connectivity index (χ1n) is 3.87. The Kier molecular flexibility index (Phi) is 2.69. The molecule has 2 rings (SSSR count). The first-order valence-corrected chi connectivity index (χ1v) is 5.39. The summed E-state index contributed by atoms with van der Waals surface area (Å²) >= 11 is 23.6. The van der Waals surface area contributed by atoms with Gasteiger partial charge in [0.15, 0.2) is 0 Å². The van der Waals surface area contributed by atoms with Crippen LogP contribution in [0.2, 0.25) is 20.1 Å². The van der Waals surface area contributed by atoms with E-state index in [-0.39, 0.29) is 15.8 Å². The van der Waals surface area contributed by atoms with Crippen LogP contribution in [0.3, 0.4) is 0 Å². The lowest BCUT2D eigenvalue weighted by molar-refractivity contribution is -0.117. The molecule has 1 aliphatic rings. The lowest BCUT2D eigenvalue weighted by Gasteiger charge is -2.08. The molecule has 0 amide bonds. The lowest BCUT2D eigenvalue weighted by Crippen LogP contribution is -1.92. The van der Waals surface area contributed by atoms with Crippen molar-refractivity contribution in [2.45, 2.75) is 12.8 Å². The Balaban J connectivity index is 2.76. The Labute approximate surface area is 101 Å². The van der Waals surface area contributed by atoms with E-state index in [9.17, 15) is 4.79 Å². The average Bonchev–Trinajstić information content (AvgIpc) is 2.54. The fraction of sp³-hybridized carbons (Fsp3) is 0.222. The standard InChI is InChI=1S/C9H4Cl4O/c10-6-4-1-3(14)2-5(4)7(11)9(13)8(6)12/h1-2H2. The summed E-state index contributed by atoms with van der Waals surface area (Å²) in [5.41, 5.74) is 1.44. The Morgan fingerprint density at radius 1 is 0.714 bits per heavy atom. The minimum atomic E-state index is 0.0853. The molecule has 1 aliphatic carbocycles. The van der Waals surface area contributed by atoms with E-state index in [0.29, 0.717) is 22.9 Å². The molecule has 0 heterocycles. The number of hydrogen-bond donors (Lipinski definition) is 0. The second-order valence-electron chi connectivity index (χ2n) is 3.11. The first-order chi connectivity index (χ1) is 6.52. The molecule has 0 aliphatic heterocycles. The first kappa shape index (κ1) is 10.6. The van der Waals surface area contributed by atoms with Gasteiger partial charge in [-0.15, -0.1) is 0 Å². The van der Waals surface area contributed by atoms with Crippen LogP contribution in [0.15, 0.2) is 0 Å². The molecule has 1 nitrogen and oxygen atoms in total. The number of ketones is 1. The highest BCUT2D eigenvalue weighted by molar-refractivity contribution is 6.52. The molecule has 0 spiro atoms. The Hall–Kier alpha value is 0.0500. The maximum absolute atomic E-state index is 11.2. The van der Waals surface area contributed by atoms with E-state index in [2.05, 4.69) is 0 Å². The Bertz CT molecular complexity index is 400. The summed E-state index contributed by atoms with van der Waals surface area (Å²) in [5, 5.41) is 1.16. The van der Waals surface area contributed by atoms with Crippen molar-refractivity contribution in [3.05, 3.63) is 31.2 Å².